The van der Waals surface area contributed by atoms with E-state index in [0.29, 0.717) is 11.8 Å². The van der Waals surface area contributed by atoms with Crippen LogP contribution in [0.3, 0.4) is 0 Å². The van der Waals surface area contributed by atoms with Gasteiger partial charge in [0.15, 0.2) is 0 Å². The van der Waals surface area contributed by atoms with Crippen molar-refractivity contribution >= 4 is 6.08 Å². The summed E-state index contributed by atoms with van der Waals surface area (Å²) in [5.41, 5.74) is 7.77. The second-order valence-electron chi connectivity index (χ2n) is 8.95. The Bertz CT molecular complexity index is 903. The van der Waals surface area contributed by atoms with Crippen LogP contribution in [0.4, 0.5) is 0 Å². The molecule has 0 N–H and O–H groups in total. The van der Waals surface area contributed by atoms with Crippen LogP contribution in [-0.4, -0.2) is 11.2 Å². The number of hydrogen-bond acceptors (Lipinski definition) is 1. The number of epoxide rings is 1. The molecule has 124 valence electrons. The largest absolute Gasteiger partial charge is 0.360 e. The zero-order valence-corrected chi connectivity index (χ0v) is 14.5. The average molecular weight is 326 g/mol. The van der Waals surface area contributed by atoms with Gasteiger partial charge in [0.2, 0.25) is 0 Å². The summed E-state index contributed by atoms with van der Waals surface area (Å²) < 4.78 is 6.77. The number of aryl methyl sites for hydroxylation is 1. The van der Waals surface area contributed by atoms with Gasteiger partial charge in [-0.05, 0) is 60.3 Å². The molecule has 1 nitrogen and oxygen atoms in total. The van der Waals surface area contributed by atoms with E-state index >= 15 is 0 Å². The van der Waals surface area contributed by atoms with Crippen molar-refractivity contribution in [2.24, 2.45) is 11.8 Å². The summed E-state index contributed by atoms with van der Waals surface area (Å²) in [7, 11) is 0. The minimum Gasteiger partial charge on any atom is -0.360 e. The number of fused-ring (bicyclic) bond motifs is 7. The molecular formula is C24H22O. The molecule has 0 radical (unpaired) electrons. The number of hydrogen-bond donors (Lipinski definition) is 0. The van der Waals surface area contributed by atoms with Crippen LogP contribution in [0.1, 0.15) is 53.4 Å². The first-order valence-electron chi connectivity index (χ1n) is 9.83. The van der Waals surface area contributed by atoms with Crippen molar-refractivity contribution in [3.63, 3.8) is 0 Å². The van der Waals surface area contributed by atoms with Gasteiger partial charge >= 0.3 is 0 Å². The van der Waals surface area contributed by atoms with Gasteiger partial charge < -0.3 is 4.74 Å². The fourth-order valence-corrected chi connectivity index (χ4v) is 7.40. The topological polar surface area (TPSA) is 12.5 Å². The molecule has 1 heteroatoms. The molecule has 0 aromatic heterocycles. The van der Waals surface area contributed by atoms with E-state index in [1.807, 2.05) is 0 Å². The second kappa shape index (κ2) is 3.94. The molecule has 1 heterocycles. The van der Waals surface area contributed by atoms with Crippen LogP contribution in [0, 0.1) is 18.8 Å². The number of rotatable bonds is 1. The van der Waals surface area contributed by atoms with Crippen LogP contribution in [0.5, 0.6) is 0 Å². The molecule has 6 atom stereocenters. The molecule has 3 saturated carbocycles. The molecule has 4 bridgehead atoms. The second-order valence-corrected chi connectivity index (χ2v) is 8.95. The SMILES string of the molecule is Cc1ccc(C=C2C3c4ccccc4C2C24OC32C2CCC4C2)cc1. The zero-order valence-electron chi connectivity index (χ0n) is 14.5. The van der Waals surface area contributed by atoms with Crippen LogP contribution in [0.2, 0.25) is 0 Å². The van der Waals surface area contributed by atoms with Crippen LogP contribution in [-0.2, 0) is 4.74 Å². The highest BCUT2D eigenvalue weighted by molar-refractivity contribution is 5.73. The van der Waals surface area contributed by atoms with Crippen LogP contribution < -0.4 is 0 Å². The van der Waals surface area contributed by atoms with Gasteiger partial charge in [-0.15, -0.1) is 0 Å². The third-order valence-electron chi connectivity index (χ3n) is 8.11. The summed E-state index contributed by atoms with van der Waals surface area (Å²) in [4.78, 5) is 0. The standard InChI is InChI=1S/C24H22O/c1-14-6-8-15(9-7-14)12-20-21-18-4-2-3-5-19(18)22(20)24-17-11-10-16(13-17)23(21,24)25-24/h2-9,12,16-17,21-22H,10-11,13H2,1H3. The smallest absolute Gasteiger partial charge is 0.113 e. The van der Waals surface area contributed by atoms with Gasteiger partial charge in [-0.1, -0.05) is 60.2 Å². The fourth-order valence-electron chi connectivity index (χ4n) is 7.40. The van der Waals surface area contributed by atoms with Crippen molar-refractivity contribution in [1.29, 1.82) is 0 Å². The molecule has 4 fully saturated rings. The molecule has 7 rings (SSSR count). The maximum Gasteiger partial charge on any atom is 0.113 e. The molecule has 6 unspecified atom stereocenters. The summed E-state index contributed by atoms with van der Waals surface area (Å²) in [6.07, 6.45) is 6.68. The van der Waals surface area contributed by atoms with Crippen molar-refractivity contribution < 1.29 is 4.74 Å². The molecule has 1 aliphatic heterocycles. The van der Waals surface area contributed by atoms with E-state index in [9.17, 15) is 0 Å². The molecule has 2 aromatic rings. The van der Waals surface area contributed by atoms with E-state index in [1.165, 1.54) is 30.4 Å². The number of ether oxygens (including phenoxy) is 1. The molecular weight excluding hydrogens is 304 g/mol. The van der Waals surface area contributed by atoms with E-state index in [0.717, 1.165) is 11.8 Å². The lowest BCUT2D eigenvalue weighted by Crippen LogP contribution is -2.36. The van der Waals surface area contributed by atoms with Gasteiger partial charge in [0.05, 0.1) is 0 Å². The summed E-state index contributed by atoms with van der Waals surface area (Å²) in [5, 5.41) is 0. The summed E-state index contributed by atoms with van der Waals surface area (Å²) in [6, 6.07) is 18.2. The third-order valence-corrected chi connectivity index (χ3v) is 8.11. The molecule has 2 aromatic carbocycles. The van der Waals surface area contributed by atoms with Crippen molar-refractivity contribution in [2.45, 2.75) is 49.2 Å². The fraction of sp³-hybridized carbons (Fsp3) is 0.417. The minimum absolute atomic E-state index is 0.158. The van der Waals surface area contributed by atoms with Crippen molar-refractivity contribution in [3.05, 3.63) is 76.4 Å². The molecule has 5 aliphatic rings. The maximum absolute atomic E-state index is 6.77. The zero-order chi connectivity index (χ0) is 16.4. The Morgan fingerprint density at radius 3 is 2.08 bits per heavy atom. The first-order chi connectivity index (χ1) is 12.3. The van der Waals surface area contributed by atoms with E-state index in [-0.39, 0.29) is 11.2 Å². The summed E-state index contributed by atoms with van der Waals surface area (Å²) >= 11 is 0. The Kier molecular flexibility index (Phi) is 2.10. The molecule has 4 aliphatic carbocycles. The number of benzene rings is 2. The Hall–Kier alpha value is -1.86. The maximum atomic E-state index is 6.77. The highest BCUT2D eigenvalue weighted by Gasteiger charge is 2.92. The van der Waals surface area contributed by atoms with Gasteiger partial charge in [0.25, 0.3) is 0 Å². The Morgan fingerprint density at radius 2 is 1.48 bits per heavy atom. The summed E-state index contributed by atoms with van der Waals surface area (Å²) in [5.74, 6) is 2.60. The van der Waals surface area contributed by atoms with Crippen LogP contribution in [0.15, 0.2) is 54.1 Å². The third kappa shape index (κ3) is 1.24. The van der Waals surface area contributed by atoms with Crippen molar-refractivity contribution in [3.8, 4) is 0 Å². The first kappa shape index (κ1) is 13.4. The quantitative estimate of drug-likeness (QED) is 0.655. The lowest BCUT2D eigenvalue weighted by Gasteiger charge is -2.29. The highest BCUT2D eigenvalue weighted by Crippen LogP contribution is 2.88. The average Bonchev–Trinajstić information content (AvgIpc) is 2.95. The van der Waals surface area contributed by atoms with Crippen molar-refractivity contribution in [1.82, 2.24) is 0 Å². The van der Waals surface area contributed by atoms with Crippen LogP contribution >= 0.6 is 0 Å². The lowest BCUT2D eigenvalue weighted by atomic mass is 9.69. The van der Waals surface area contributed by atoms with Gasteiger partial charge in [-0.2, -0.15) is 0 Å². The Morgan fingerprint density at radius 1 is 0.880 bits per heavy atom. The van der Waals surface area contributed by atoms with E-state index in [1.54, 1.807) is 16.7 Å². The van der Waals surface area contributed by atoms with E-state index < -0.39 is 0 Å². The monoisotopic (exact) mass is 326 g/mol. The predicted octanol–water partition coefficient (Wildman–Crippen LogP) is 5.21. The first-order valence-corrected chi connectivity index (χ1v) is 9.83. The molecule has 0 spiro atoms. The minimum atomic E-state index is 0.158. The lowest BCUT2D eigenvalue weighted by molar-refractivity contribution is 0.134. The highest BCUT2D eigenvalue weighted by atomic mass is 16.6. The van der Waals surface area contributed by atoms with Gasteiger partial charge in [0.1, 0.15) is 11.2 Å². The van der Waals surface area contributed by atoms with Crippen molar-refractivity contribution in [2.75, 3.05) is 0 Å². The Balaban J connectivity index is 1.47. The normalized spacial score (nSPS) is 43.8. The molecule has 1 saturated heterocycles. The van der Waals surface area contributed by atoms with Gasteiger partial charge in [0, 0.05) is 11.8 Å². The van der Waals surface area contributed by atoms with E-state index in [2.05, 4.69) is 61.5 Å². The molecule has 25 heavy (non-hydrogen) atoms. The Labute approximate surface area is 148 Å². The predicted molar refractivity (Wildman–Crippen MR) is 98.5 cm³/mol. The van der Waals surface area contributed by atoms with Gasteiger partial charge in [-0.3, -0.25) is 0 Å². The van der Waals surface area contributed by atoms with Gasteiger partial charge in [-0.25, -0.2) is 0 Å². The van der Waals surface area contributed by atoms with Crippen LogP contribution in [0.25, 0.3) is 6.08 Å². The summed E-state index contributed by atoms with van der Waals surface area (Å²) in [6.45, 7) is 2.16. The molecule has 0 amide bonds. The van der Waals surface area contributed by atoms with E-state index in [4.69, 9.17) is 4.74 Å².